The summed E-state index contributed by atoms with van der Waals surface area (Å²) >= 11 is 10.6. The SMILES string of the molecule is Cc1nn(C(C)C(=O)c2ccc(Cl)s2)c(C)c1Br. The number of aromatic nitrogens is 2. The average molecular weight is 348 g/mol. The number of ketones is 1. The molecule has 0 saturated carbocycles. The van der Waals surface area contributed by atoms with Crippen LogP contribution in [0.5, 0.6) is 0 Å². The fourth-order valence-corrected chi connectivity index (χ4v) is 3.11. The molecule has 1 atom stereocenters. The van der Waals surface area contributed by atoms with Crippen molar-refractivity contribution in [3.8, 4) is 0 Å². The maximum absolute atomic E-state index is 12.3. The number of hydrogen-bond donors (Lipinski definition) is 0. The third-order valence-electron chi connectivity index (χ3n) is 2.80. The van der Waals surface area contributed by atoms with Crippen LogP contribution in [0.3, 0.4) is 0 Å². The number of nitrogens with zero attached hydrogens (tertiary/aromatic N) is 2. The fraction of sp³-hybridized carbons (Fsp3) is 0.333. The molecule has 0 N–H and O–H groups in total. The highest BCUT2D eigenvalue weighted by molar-refractivity contribution is 9.10. The lowest BCUT2D eigenvalue weighted by molar-refractivity contribution is 0.0930. The minimum atomic E-state index is -0.329. The molecule has 0 fully saturated rings. The third kappa shape index (κ3) is 2.39. The summed E-state index contributed by atoms with van der Waals surface area (Å²) in [6.07, 6.45) is 0. The number of rotatable bonds is 3. The maximum Gasteiger partial charge on any atom is 0.197 e. The predicted molar refractivity (Wildman–Crippen MR) is 77.8 cm³/mol. The zero-order chi connectivity index (χ0) is 13.4. The molecule has 0 spiro atoms. The highest BCUT2D eigenvalue weighted by Gasteiger charge is 2.22. The molecule has 18 heavy (non-hydrogen) atoms. The summed E-state index contributed by atoms with van der Waals surface area (Å²) in [6, 6.07) is 3.17. The van der Waals surface area contributed by atoms with Crippen LogP contribution in [0, 0.1) is 13.8 Å². The molecule has 1 unspecified atom stereocenters. The summed E-state index contributed by atoms with van der Waals surface area (Å²) in [5.74, 6) is 0.0324. The van der Waals surface area contributed by atoms with Gasteiger partial charge in [-0.1, -0.05) is 11.6 Å². The Bertz CT molecular complexity index is 605. The van der Waals surface area contributed by atoms with Crippen molar-refractivity contribution in [2.24, 2.45) is 0 Å². The Balaban J connectivity index is 2.34. The molecule has 96 valence electrons. The van der Waals surface area contributed by atoms with Gasteiger partial charge in [-0.3, -0.25) is 9.48 Å². The topological polar surface area (TPSA) is 34.9 Å². The molecular weight excluding hydrogens is 336 g/mol. The van der Waals surface area contributed by atoms with Gasteiger partial charge >= 0.3 is 0 Å². The Morgan fingerprint density at radius 3 is 2.61 bits per heavy atom. The molecule has 0 bridgehead atoms. The van der Waals surface area contributed by atoms with Gasteiger partial charge in [0.05, 0.1) is 25.1 Å². The van der Waals surface area contributed by atoms with E-state index in [0.717, 1.165) is 15.9 Å². The minimum absolute atomic E-state index is 0.0324. The second-order valence-electron chi connectivity index (χ2n) is 4.07. The molecule has 0 amide bonds. The Morgan fingerprint density at radius 1 is 1.50 bits per heavy atom. The molecule has 0 aliphatic rings. The van der Waals surface area contributed by atoms with Crippen molar-refractivity contribution in [3.63, 3.8) is 0 Å². The van der Waals surface area contributed by atoms with Crippen LogP contribution >= 0.6 is 38.9 Å². The first kappa shape index (κ1) is 13.8. The number of halogens is 2. The van der Waals surface area contributed by atoms with E-state index in [4.69, 9.17) is 11.6 Å². The fourth-order valence-electron chi connectivity index (χ4n) is 1.78. The van der Waals surface area contributed by atoms with Crippen molar-refractivity contribution in [1.29, 1.82) is 0 Å². The van der Waals surface area contributed by atoms with Crippen molar-refractivity contribution in [3.05, 3.63) is 37.2 Å². The Morgan fingerprint density at radius 2 is 2.17 bits per heavy atom. The van der Waals surface area contributed by atoms with E-state index in [-0.39, 0.29) is 11.8 Å². The first-order chi connectivity index (χ1) is 8.41. The summed E-state index contributed by atoms with van der Waals surface area (Å²) in [4.78, 5) is 13.0. The van der Waals surface area contributed by atoms with Gasteiger partial charge in [-0.15, -0.1) is 11.3 Å². The van der Waals surface area contributed by atoms with E-state index in [9.17, 15) is 4.79 Å². The molecule has 2 aromatic heterocycles. The van der Waals surface area contributed by atoms with Gasteiger partial charge in [-0.05, 0) is 48.8 Å². The lowest BCUT2D eigenvalue weighted by atomic mass is 10.2. The van der Waals surface area contributed by atoms with Crippen molar-refractivity contribution >= 4 is 44.7 Å². The van der Waals surface area contributed by atoms with E-state index < -0.39 is 0 Å². The van der Waals surface area contributed by atoms with Crippen LogP contribution in [0.15, 0.2) is 16.6 Å². The molecule has 2 aromatic rings. The van der Waals surface area contributed by atoms with Gasteiger partial charge < -0.3 is 0 Å². The number of carbonyl (C=O) groups excluding carboxylic acids is 1. The second-order valence-corrected chi connectivity index (χ2v) is 6.58. The van der Waals surface area contributed by atoms with Crippen LogP contribution in [0.2, 0.25) is 4.34 Å². The summed E-state index contributed by atoms with van der Waals surface area (Å²) in [5.41, 5.74) is 1.84. The van der Waals surface area contributed by atoms with Gasteiger partial charge in [-0.25, -0.2) is 0 Å². The normalized spacial score (nSPS) is 12.7. The Kier molecular flexibility index (Phi) is 3.94. The van der Waals surface area contributed by atoms with Gasteiger partial charge in [-0.2, -0.15) is 5.10 Å². The minimum Gasteiger partial charge on any atom is -0.291 e. The largest absolute Gasteiger partial charge is 0.291 e. The highest BCUT2D eigenvalue weighted by atomic mass is 79.9. The van der Waals surface area contributed by atoms with Gasteiger partial charge in [0.1, 0.15) is 6.04 Å². The van der Waals surface area contributed by atoms with E-state index in [1.54, 1.807) is 16.8 Å². The Labute approximate surface area is 123 Å². The van der Waals surface area contributed by atoms with Crippen LogP contribution in [0.1, 0.15) is 34.0 Å². The van der Waals surface area contributed by atoms with E-state index in [0.29, 0.717) is 9.21 Å². The lowest BCUT2D eigenvalue weighted by Gasteiger charge is -2.12. The van der Waals surface area contributed by atoms with Gasteiger partial charge in [0.2, 0.25) is 0 Å². The summed E-state index contributed by atoms with van der Waals surface area (Å²) < 4.78 is 3.32. The van der Waals surface area contributed by atoms with Gasteiger partial charge in [0, 0.05) is 0 Å². The van der Waals surface area contributed by atoms with E-state index >= 15 is 0 Å². The van der Waals surface area contributed by atoms with Crippen LogP contribution < -0.4 is 0 Å². The molecule has 0 aromatic carbocycles. The highest BCUT2D eigenvalue weighted by Crippen LogP contribution is 2.28. The third-order valence-corrected chi connectivity index (χ3v) is 5.19. The molecule has 0 saturated heterocycles. The quantitative estimate of drug-likeness (QED) is 0.770. The average Bonchev–Trinajstić information content (AvgIpc) is 2.87. The van der Waals surface area contributed by atoms with Crippen LogP contribution in [0.25, 0.3) is 0 Å². The van der Waals surface area contributed by atoms with Crippen LogP contribution in [-0.4, -0.2) is 15.6 Å². The zero-order valence-corrected chi connectivity index (χ0v) is 13.4. The van der Waals surface area contributed by atoms with E-state index in [2.05, 4.69) is 21.0 Å². The molecule has 6 heteroatoms. The first-order valence-corrected chi connectivity index (χ1v) is 7.41. The van der Waals surface area contributed by atoms with Gasteiger partial charge in [0.15, 0.2) is 5.78 Å². The Hall–Kier alpha value is -0.650. The maximum atomic E-state index is 12.3. The summed E-state index contributed by atoms with van der Waals surface area (Å²) in [5, 5.41) is 4.38. The predicted octanol–water partition coefficient (Wildman–Crippen LogP) is 4.42. The van der Waals surface area contributed by atoms with Crippen LogP contribution in [-0.2, 0) is 0 Å². The van der Waals surface area contributed by atoms with Crippen molar-refractivity contribution in [2.75, 3.05) is 0 Å². The molecule has 0 aliphatic heterocycles. The van der Waals surface area contributed by atoms with E-state index in [1.807, 2.05) is 20.8 Å². The lowest BCUT2D eigenvalue weighted by Crippen LogP contribution is -2.18. The second kappa shape index (κ2) is 5.15. The number of carbonyl (C=O) groups is 1. The monoisotopic (exact) mass is 346 g/mol. The number of thiophene rings is 1. The van der Waals surface area contributed by atoms with Gasteiger partial charge in [0.25, 0.3) is 0 Å². The van der Waals surface area contributed by atoms with Crippen molar-refractivity contribution < 1.29 is 4.79 Å². The molecule has 2 rings (SSSR count). The first-order valence-electron chi connectivity index (χ1n) is 5.42. The van der Waals surface area contributed by atoms with Crippen molar-refractivity contribution in [1.82, 2.24) is 9.78 Å². The van der Waals surface area contributed by atoms with E-state index in [1.165, 1.54) is 11.3 Å². The molecule has 0 radical (unpaired) electrons. The molecule has 3 nitrogen and oxygen atoms in total. The smallest absolute Gasteiger partial charge is 0.197 e. The molecule has 2 heterocycles. The van der Waals surface area contributed by atoms with Crippen molar-refractivity contribution in [2.45, 2.75) is 26.8 Å². The molecule has 0 aliphatic carbocycles. The molecular formula is C12H12BrClN2OS. The zero-order valence-electron chi connectivity index (χ0n) is 10.2. The number of aryl methyl sites for hydroxylation is 1. The summed E-state index contributed by atoms with van der Waals surface area (Å²) in [7, 11) is 0. The summed E-state index contributed by atoms with van der Waals surface area (Å²) in [6.45, 7) is 5.70. The number of hydrogen-bond acceptors (Lipinski definition) is 3. The number of Topliss-reactive ketones (excluding diaryl/α,β-unsaturated/α-hetero) is 1. The van der Waals surface area contributed by atoms with Crippen LogP contribution in [0.4, 0.5) is 0 Å². The standard InChI is InChI=1S/C12H12BrClN2OS/c1-6-11(13)7(2)16(15-6)8(3)12(17)9-4-5-10(14)18-9/h4-5,8H,1-3H3.